The fraction of sp³-hybridized carbons (Fsp3) is 0.800. The van der Waals surface area contributed by atoms with Crippen LogP contribution < -0.4 is 0 Å². The van der Waals surface area contributed by atoms with Gasteiger partial charge in [-0.3, -0.25) is 4.79 Å². The third-order valence-electron chi connectivity index (χ3n) is 1.58. The van der Waals surface area contributed by atoms with E-state index in [-0.39, 0.29) is 11.8 Å². The molecule has 0 aliphatic carbocycles. The molecule has 1 aliphatic rings. The van der Waals surface area contributed by atoms with E-state index < -0.39 is 0 Å². The van der Waals surface area contributed by atoms with Gasteiger partial charge in [-0.2, -0.15) is 0 Å². The predicted octanol–water partition coefficient (Wildman–Crippen LogP) is -0.267. The van der Waals surface area contributed by atoms with Crippen LogP contribution in [0.2, 0.25) is 0 Å². The van der Waals surface area contributed by atoms with Crippen molar-refractivity contribution >= 4 is 13.8 Å². The summed E-state index contributed by atoms with van der Waals surface area (Å²) in [6.45, 7) is 2.55. The first-order valence-corrected chi connectivity index (χ1v) is 2.76. The van der Waals surface area contributed by atoms with Gasteiger partial charge in [0.25, 0.3) is 0 Å². The summed E-state index contributed by atoms with van der Waals surface area (Å²) < 4.78 is 0. The van der Waals surface area contributed by atoms with E-state index in [1.807, 2.05) is 6.92 Å². The molecule has 0 spiro atoms. The molecule has 8 heavy (non-hydrogen) atoms. The molecule has 0 N–H and O–H groups in total. The summed E-state index contributed by atoms with van der Waals surface area (Å²) >= 11 is 0. The van der Waals surface area contributed by atoms with E-state index >= 15 is 0 Å². The van der Waals surface area contributed by atoms with Crippen LogP contribution in [-0.4, -0.2) is 31.2 Å². The molecule has 0 aromatic rings. The van der Waals surface area contributed by atoms with Crippen LogP contribution >= 0.6 is 0 Å². The number of carbonyl (C=O) groups is 1. The topological polar surface area (TPSA) is 20.3 Å². The van der Waals surface area contributed by atoms with Crippen LogP contribution in [0.15, 0.2) is 0 Å². The summed E-state index contributed by atoms with van der Waals surface area (Å²) in [6.07, 6.45) is 0.623. The minimum absolute atomic E-state index is 0.0463. The molecule has 1 unspecified atom stereocenters. The van der Waals surface area contributed by atoms with E-state index in [9.17, 15) is 4.79 Å². The second-order valence-corrected chi connectivity index (χ2v) is 2.13. The summed E-state index contributed by atoms with van der Waals surface area (Å²) in [5.41, 5.74) is 0. The molecule has 1 rings (SSSR count). The Morgan fingerprint density at radius 3 is 2.62 bits per heavy atom. The normalized spacial score (nSPS) is 31.6. The summed E-state index contributed by atoms with van der Waals surface area (Å²) in [5, 5.41) is 0. The molecule has 2 nitrogen and oxygen atoms in total. The van der Waals surface area contributed by atoms with Crippen LogP contribution in [0.1, 0.15) is 13.3 Å². The molecule has 1 aliphatic heterocycles. The Morgan fingerprint density at radius 2 is 2.50 bits per heavy atom. The minimum atomic E-state index is -0.0463. The first kappa shape index (κ1) is 5.82. The van der Waals surface area contributed by atoms with Crippen molar-refractivity contribution < 1.29 is 4.79 Å². The van der Waals surface area contributed by atoms with Gasteiger partial charge in [0.05, 0.1) is 6.04 Å². The van der Waals surface area contributed by atoms with Crippen molar-refractivity contribution in [3.05, 3.63) is 0 Å². The molecule has 1 saturated heterocycles. The highest BCUT2D eigenvalue weighted by molar-refractivity contribution is 6.08. The molecule has 1 fully saturated rings. The first-order valence-electron chi connectivity index (χ1n) is 2.76. The number of Topliss-reactive ketones (excluding diaryl/α,β-unsaturated/α-hetero) is 1. The van der Waals surface area contributed by atoms with Gasteiger partial charge in [-0.1, -0.05) is 0 Å². The van der Waals surface area contributed by atoms with E-state index in [0.717, 1.165) is 6.54 Å². The molecular weight excluding hydrogens is 101 g/mol. The van der Waals surface area contributed by atoms with Crippen LogP contribution in [0, 0.1) is 0 Å². The molecule has 3 heteroatoms. The van der Waals surface area contributed by atoms with Crippen molar-refractivity contribution in [1.82, 2.24) is 4.81 Å². The van der Waals surface area contributed by atoms with Crippen molar-refractivity contribution in [3.63, 3.8) is 0 Å². The van der Waals surface area contributed by atoms with Gasteiger partial charge in [-0.05, 0) is 13.5 Å². The quantitative estimate of drug-likeness (QED) is 0.399. The fourth-order valence-corrected chi connectivity index (χ4v) is 0.827. The second kappa shape index (κ2) is 1.90. The Morgan fingerprint density at radius 1 is 1.88 bits per heavy atom. The highest BCUT2D eigenvalue weighted by atomic mass is 16.1. The monoisotopic (exact) mass is 109 g/mol. The summed E-state index contributed by atoms with van der Waals surface area (Å²) in [4.78, 5) is 12.2. The zero-order chi connectivity index (χ0) is 6.15. The number of ketones is 1. The molecule has 42 valence electrons. The Kier molecular flexibility index (Phi) is 1.38. The largest absolute Gasteiger partial charge is 0.345 e. The summed E-state index contributed by atoms with van der Waals surface area (Å²) in [5.74, 6) is 0.257. The number of nitrogens with zero attached hydrogens (tertiary/aromatic N) is 1. The number of hydrogen-bond donors (Lipinski definition) is 0. The molecule has 1 atom stereocenters. The van der Waals surface area contributed by atoms with Crippen molar-refractivity contribution in [1.29, 1.82) is 0 Å². The number of rotatable bonds is 0. The van der Waals surface area contributed by atoms with Gasteiger partial charge < -0.3 is 4.81 Å². The lowest BCUT2D eigenvalue weighted by atomic mass is 10.2. The Labute approximate surface area is 50.3 Å². The molecule has 0 amide bonds. The van der Waals surface area contributed by atoms with Crippen LogP contribution in [0.3, 0.4) is 0 Å². The maximum Gasteiger partial charge on any atom is 0.183 e. The Hall–Kier alpha value is -0.305. The van der Waals surface area contributed by atoms with E-state index in [1.54, 1.807) is 4.81 Å². The van der Waals surface area contributed by atoms with E-state index in [2.05, 4.69) is 0 Å². The molecule has 0 saturated carbocycles. The van der Waals surface area contributed by atoms with Gasteiger partial charge in [-0.15, -0.1) is 0 Å². The lowest BCUT2D eigenvalue weighted by Crippen LogP contribution is -2.27. The third kappa shape index (κ3) is 0.779. The van der Waals surface area contributed by atoms with Gasteiger partial charge in [0.2, 0.25) is 0 Å². The van der Waals surface area contributed by atoms with Crippen molar-refractivity contribution in [2.45, 2.75) is 19.4 Å². The molecular formula is C5H8BNO. The minimum Gasteiger partial charge on any atom is -0.345 e. The van der Waals surface area contributed by atoms with Gasteiger partial charge in [-0.25, -0.2) is 0 Å². The molecule has 0 aromatic heterocycles. The highest BCUT2D eigenvalue weighted by Gasteiger charge is 2.23. The molecule has 2 radical (unpaired) electrons. The average molecular weight is 109 g/mol. The van der Waals surface area contributed by atoms with Gasteiger partial charge in [0.15, 0.2) is 7.98 Å². The van der Waals surface area contributed by atoms with Gasteiger partial charge >= 0.3 is 0 Å². The smallest absolute Gasteiger partial charge is 0.183 e. The highest BCUT2D eigenvalue weighted by Crippen LogP contribution is 2.08. The Bertz CT molecular complexity index is 115. The SMILES string of the molecule is [B]N1CCC(=O)C1C. The van der Waals surface area contributed by atoms with Crippen LogP contribution in [0.25, 0.3) is 0 Å². The standard InChI is InChI=1S/C5H8BNO/c1-4-5(8)2-3-7(4)6/h4H,2-3H2,1H3. The number of hydrogen-bond acceptors (Lipinski definition) is 2. The molecule has 0 aromatic carbocycles. The second-order valence-electron chi connectivity index (χ2n) is 2.13. The lowest BCUT2D eigenvalue weighted by Gasteiger charge is -2.11. The maximum atomic E-state index is 10.7. The lowest BCUT2D eigenvalue weighted by molar-refractivity contribution is -0.118. The van der Waals surface area contributed by atoms with Crippen molar-refractivity contribution in [2.24, 2.45) is 0 Å². The fourth-order valence-electron chi connectivity index (χ4n) is 0.827. The maximum absolute atomic E-state index is 10.7. The van der Waals surface area contributed by atoms with Crippen LogP contribution in [0.5, 0.6) is 0 Å². The van der Waals surface area contributed by atoms with E-state index in [4.69, 9.17) is 7.98 Å². The van der Waals surface area contributed by atoms with Gasteiger partial charge in [0.1, 0.15) is 5.78 Å². The predicted molar refractivity (Wildman–Crippen MR) is 31.5 cm³/mol. The van der Waals surface area contributed by atoms with Gasteiger partial charge in [0, 0.05) is 6.42 Å². The van der Waals surface area contributed by atoms with Crippen LogP contribution in [-0.2, 0) is 4.79 Å². The molecule has 0 bridgehead atoms. The van der Waals surface area contributed by atoms with E-state index in [1.165, 1.54) is 0 Å². The Balaban J connectivity index is 2.56. The van der Waals surface area contributed by atoms with Crippen LogP contribution in [0.4, 0.5) is 0 Å². The third-order valence-corrected chi connectivity index (χ3v) is 1.58. The van der Waals surface area contributed by atoms with Crippen molar-refractivity contribution in [2.75, 3.05) is 6.54 Å². The summed E-state index contributed by atoms with van der Waals surface area (Å²) in [7, 11) is 5.38. The molecule has 1 heterocycles. The average Bonchev–Trinajstić information content (AvgIpc) is 1.98. The first-order chi connectivity index (χ1) is 3.72. The summed E-state index contributed by atoms with van der Waals surface area (Å²) in [6, 6.07) is -0.0463. The zero-order valence-corrected chi connectivity index (χ0v) is 4.92. The van der Waals surface area contributed by atoms with Crippen molar-refractivity contribution in [3.8, 4) is 0 Å². The number of carbonyl (C=O) groups excluding carboxylic acids is 1. The zero-order valence-electron chi connectivity index (χ0n) is 4.92. The van der Waals surface area contributed by atoms with E-state index in [0.29, 0.717) is 6.42 Å².